The molecule has 5 heteroatoms. The van der Waals surface area contributed by atoms with Crippen molar-refractivity contribution < 1.29 is 4.79 Å². The molecule has 2 N–H and O–H groups in total. The first-order chi connectivity index (χ1) is 13.1. The predicted molar refractivity (Wildman–Crippen MR) is 111 cm³/mol. The minimum atomic E-state index is -0.0930. The lowest BCUT2D eigenvalue weighted by molar-refractivity contribution is -0.120. The molecule has 0 aliphatic heterocycles. The molecule has 5 nitrogen and oxygen atoms in total. The average Bonchev–Trinajstić information content (AvgIpc) is 2.95. The fraction of sp³-hybridized carbons (Fsp3) is 0.455. The zero-order valence-electron chi connectivity index (χ0n) is 16.6. The molecule has 0 unspecified atom stereocenters. The molecule has 144 valence electrons. The van der Waals surface area contributed by atoms with Gasteiger partial charge in [-0.1, -0.05) is 37.5 Å². The molecule has 1 aromatic carbocycles. The normalized spacial score (nSPS) is 15.4. The van der Waals surface area contributed by atoms with Crippen LogP contribution >= 0.6 is 0 Å². The summed E-state index contributed by atoms with van der Waals surface area (Å²) in [5.41, 5.74) is 8.31. The number of hydrogen-bond donors (Lipinski definition) is 2. The van der Waals surface area contributed by atoms with Crippen LogP contribution in [0.2, 0.25) is 0 Å². The first kappa shape index (κ1) is 19.4. The molecule has 0 saturated heterocycles. The molecule has 27 heavy (non-hydrogen) atoms. The zero-order valence-corrected chi connectivity index (χ0v) is 16.6. The van der Waals surface area contributed by atoms with Gasteiger partial charge in [0.1, 0.15) is 0 Å². The van der Waals surface area contributed by atoms with Crippen molar-refractivity contribution in [2.45, 2.75) is 58.9 Å². The van der Waals surface area contributed by atoms with Crippen LogP contribution in [-0.4, -0.2) is 29.3 Å². The van der Waals surface area contributed by atoms with Crippen molar-refractivity contribution in [1.29, 1.82) is 0 Å². The van der Waals surface area contributed by atoms with Crippen LogP contribution in [0.3, 0.4) is 0 Å². The van der Waals surface area contributed by atoms with Crippen molar-refractivity contribution >= 4 is 12.1 Å². The van der Waals surface area contributed by atoms with E-state index < -0.39 is 0 Å². The summed E-state index contributed by atoms with van der Waals surface area (Å²) in [6.07, 6.45) is 7.90. The van der Waals surface area contributed by atoms with E-state index in [1.165, 1.54) is 43.4 Å². The Kier molecular flexibility index (Phi) is 6.45. The van der Waals surface area contributed by atoms with E-state index in [9.17, 15) is 4.79 Å². The van der Waals surface area contributed by atoms with E-state index in [1.54, 1.807) is 6.21 Å². The largest absolute Gasteiger partial charge is 0.318 e. The molecule has 1 aliphatic carbocycles. The fourth-order valence-corrected chi connectivity index (χ4v) is 3.86. The highest BCUT2D eigenvalue weighted by molar-refractivity contribution is 5.84. The summed E-state index contributed by atoms with van der Waals surface area (Å²) in [7, 11) is 0. The van der Waals surface area contributed by atoms with Crippen LogP contribution in [0, 0.1) is 20.8 Å². The molecule has 1 fully saturated rings. The van der Waals surface area contributed by atoms with Gasteiger partial charge in [-0.2, -0.15) is 5.10 Å². The first-order valence-corrected chi connectivity index (χ1v) is 9.86. The molecular weight excluding hydrogens is 336 g/mol. The fourth-order valence-electron chi connectivity index (χ4n) is 3.86. The Morgan fingerprint density at radius 3 is 2.67 bits per heavy atom. The van der Waals surface area contributed by atoms with Crippen molar-refractivity contribution in [3.63, 3.8) is 0 Å². The van der Waals surface area contributed by atoms with Crippen LogP contribution in [0.5, 0.6) is 0 Å². The number of amides is 1. The van der Waals surface area contributed by atoms with Crippen molar-refractivity contribution in [2.75, 3.05) is 6.54 Å². The minimum absolute atomic E-state index is 0.0930. The Balaban J connectivity index is 1.60. The number of nitrogens with one attached hydrogen (secondary N) is 2. The summed E-state index contributed by atoms with van der Waals surface area (Å²) in [5, 5.41) is 7.49. The highest BCUT2D eigenvalue weighted by Gasteiger charge is 2.14. The second-order valence-corrected chi connectivity index (χ2v) is 7.46. The molecule has 0 bridgehead atoms. The van der Waals surface area contributed by atoms with E-state index in [0.717, 1.165) is 17.0 Å². The number of hydrazone groups is 1. The standard InChI is InChI=1S/C22H30N4O/c1-16-9-7-8-12-21(16)26-17(2)13-19(18(26)3)14-24-25-22(27)15-23-20-10-5-4-6-11-20/h7-9,12-14,20,23H,4-6,10-11,15H2,1-3H3,(H,25,27)/b24-14-. The minimum Gasteiger partial charge on any atom is -0.318 e. The van der Waals surface area contributed by atoms with Crippen LogP contribution in [0.15, 0.2) is 35.4 Å². The van der Waals surface area contributed by atoms with Gasteiger partial charge in [-0.25, -0.2) is 5.43 Å². The molecular formula is C22H30N4O. The number of aromatic nitrogens is 1. The van der Waals surface area contributed by atoms with Crippen molar-refractivity contribution in [1.82, 2.24) is 15.3 Å². The highest BCUT2D eigenvalue weighted by Crippen LogP contribution is 2.22. The van der Waals surface area contributed by atoms with E-state index in [0.29, 0.717) is 12.6 Å². The SMILES string of the molecule is Cc1ccccc1-n1c(C)cc(/C=N\NC(=O)CNC2CCCCC2)c1C. The molecule has 1 aromatic heterocycles. The van der Waals surface area contributed by atoms with E-state index in [4.69, 9.17) is 0 Å². The Hall–Kier alpha value is -2.40. The Labute approximate surface area is 161 Å². The topological polar surface area (TPSA) is 58.4 Å². The Morgan fingerprint density at radius 1 is 1.19 bits per heavy atom. The second kappa shape index (κ2) is 9.00. The number of aryl methyl sites for hydroxylation is 2. The van der Waals surface area contributed by atoms with Crippen molar-refractivity contribution in [3.8, 4) is 5.69 Å². The second-order valence-electron chi connectivity index (χ2n) is 7.46. The summed E-state index contributed by atoms with van der Waals surface area (Å²) in [5.74, 6) is -0.0930. The monoisotopic (exact) mass is 366 g/mol. The van der Waals surface area contributed by atoms with Crippen LogP contribution in [0.1, 0.15) is 54.6 Å². The summed E-state index contributed by atoms with van der Waals surface area (Å²) in [6.45, 7) is 6.60. The smallest absolute Gasteiger partial charge is 0.254 e. The Bertz CT molecular complexity index is 816. The summed E-state index contributed by atoms with van der Waals surface area (Å²) < 4.78 is 2.23. The summed E-state index contributed by atoms with van der Waals surface area (Å²) >= 11 is 0. The number of carbonyl (C=O) groups excluding carboxylic acids is 1. The molecule has 2 aromatic rings. The van der Waals surface area contributed by atoms with Gasteiger partial charge in [-0.05, 0) is 51.3 Å². The molecule has 1 heterocycles. The van der Waals surface area contributed by atoms with Crippen LogP contribution in [0.4, 0.5) is 0 Å². The number of hydrogen-bond acceptors (Lipinski definition) is 3. The van der Waals surface area contributed by atoms with Crippen LogP contribution < -0.4 is 10.7 Å². The Morgan fingerprint density at radius 2 is 1.93 bits per heavy atom. The third kappa shape index (κ3) is 4.86. The molecule has 0 radical (unpaired) electrons. The maximum atomic E-state index is 12.0. The maximum Gasteiger partial charge on any atom is 0.254 e. The molecule has 3 rings (SSSR count). The van der Waals surface area contributed by atoms with Gasteiger partial charge in [0.15, 0.2) is 0 Å². The molecule has 0 atom stereocenters. The van der Waals surface area contributed by atoms with Gasteiger partial charge < -0.3 is 9.88 Å². The van der Waals surface area contributed by atoms with E-state index in [1.807, 2.05) is 6.07 Å². The quantitative estimate of drug-likeness (QED) is 0.604. The van der Waals surface area contributed by atoms with Gasteiger partial charge in [0, 0.05) is 28.7 Å². The van der Waals surface area contributed by atoms with Gasteiger partial charge in [0.2, 0.25) is 0 Å². The number of carbonyl (C=O) groups is 1. The van der Waals surface area contributed by atoms with E-state index in [-0.39, 0.29) is 5.91 Å². The maximum absolute atomic E-state index is 12.0. The van der Waals surface area contributed by atoms with Crippen molar-refractivity contribution in [3.05, 3.63) is 52.8 Å². The number of rotatable bonds is 6. The summed E-state index contributed by atoms with van der Waals surface area (Å²) in [6, 6.07) is 10.9. The summed E-state index contributed by atoms with van der Waals surface area (Å²) in [4.78, 5) is 12.0. The number of para-hydroxylation sites is 1. The van der Waals surface area contributed by atoms with Gasteiger partial charge in [0.25, 0.3) is 5.91 Å². The van der Waals surface area contributed by atoms with Gasteiger partial charge in [0.05, 0.1) is 12.8 Å². The zero-order chi connectivity index (χ0) is 19.2. The predicted octanol–water partition coefficient (Wildman–Crippen LogP) is 3.77. The first-order valence-electron chi connectivity index (χ1n) is 9.86. The molecule has 1 saturated carbocycles. The molecule has 1 aliphatic rings. The van der Waals surface area contributed by atoms with Crippen LogP contribution in [-0.2, 0) is 4.79 Å². The third-order valence-corrected chi connectivity index (χ3v) is 5.38. The van der Waals surface area contributed by atoms with Gasteiger partial charge >= 0.3 is 0 Å². The average molecular weight is 367 g/mol. The van der Waals surface area contributed by atoms with Crippen LogP contribution in [0.25, 0.3) is 5.69 Å². The van der Waals surface area contributed by atoms with Gasteiger partial charge in [-0.3, -0.25) is 4.79 Å². The molecule has 1 amide bonds. The van der Waals surface area contributed by atoms with Crippen molar-refractivity contribution in [2.24, 2.45) is 5.10 Å². The van der Waals surface area contributed by atoms with E-state index >= 15 is 0 Å². The number of benzene rings is 1. The lowest BCUT2D eigenvalue weighted by atomic mass is 9.95. The lowest BCUT2D eigenvalue weighted by Gasteiger charge is -2.22. The molecule has 0 spiro atoms. The van der Waals surface area contributed by atoms with E-state index in [2.05, 4.69) is 65.4 Å². The third-order valence-electron chi connectivity index (χ3n) is 5.38. The highest BCUT2D eigenvalue weighted by atomic mass is 16.2. The number of nitrogens with zero attached hydrogens (tertiary/aromatic N) is 2. The lowest BCUT2D eigenvalue weighted by Crippen LogP contribution is -2.38. The van der Waals surface area contributed by atoms with Gasteiger partial charge in [-0.15, -0.1) is 0 Å².